The first-order valence-electron chi connectivity index (χ1n) is 11.6. The number of nitro groups is 1. The second kappa shape index (κ2) is 9.90. The van der Waals surface area contributed by atoms with E-state index in [0.29, 0.717) is 18.8 Å². The SMILES string of the molecule is COc1cccc(C(=O)N2CCC(c3nc(-c4c(-c5ccccc5)noc4C)cs3)CC2)c1[N+](=O)[O-]. The molecule has 0 spiro atoms. The lowest BCUT2D eigenvalue weighted by Crippen LogP contribution is -2.38. The summed E-state index contributed by atoms with van der Waals surface area (Å²) in [7, 11) is 1.36. The number of aryl methyl sites for hydroxylation is 1. The molecule has 184 valence electrons. The lowest BCUT2D eigenvalue weighted by atomic mass is 9.96. The molecular formula is C26H24N4O5S. The van der Waals surface area contributed by atoms with Crippen LogP contribution in [-0.4, -0.2) is 46.1 Å². The van der Waals surface area contributed by atoms with E-state index in [9.17, 15) is 14.9 Å². The summed E-state index contributed by atoms with van der Waals surface area (Å²) in [4.78, 5) is 30.8. The summed E-state index contributed by atoms with van der Waals surface area (Å²) in [6, 6.07) is 14.4. The van der Waals surface area contributed by atoms with Crippen molar-refractivity contribution in [2.45, 2.75) is 25.7 Å². The van der Waals surface area contributed by atoms with Crippen LogP contribution >= 0.6 is 11.3 Å². The minimum atomic E-state index is -0.563. The van der Waals surface area contributed by atoms with Gasteiger partial charge in [-0.3, -0.25) is 14.9 Å². The number of benzene rings is 2. The fourth-order valence-corrected chi connectivity index (χ4v) is 5.59. The van der Waals surface area contributed by atoms with Gasteiger partial charge < -0.3 is 14.2 Å². The molecule has 0 N–H and O–H groups in total. The second-order valence-corrected chi connectivity index (χ2v) is 9.47. The molecule has 0 aliphatic carbocycles. The van der Waals surface area contributed by atoms with Crippen molar-refractivity contribution in [1.29, 1.82) is 0 Å². The number of carbonyl (C=O) groups excluding carboxylic acids is 1. The molecule has 0 bridgehead atoms. The number of hydrogen-bond donors (Lipinski definition) is 0. The molecule has 0 radical (unpaired) electrons. The summed E-state index contributed by atoms with van der Waals surface area (Å²) in [5, 5.41) is 18.9. The zero-order chi connectivity index (χ0) is 25.2. The Morgan fingerprint density at radius 3 is 2.61 bits per heavy atom. The highest BCUT2D eigenvalue weighted by Gasteiger charge is 2.32. The first-order valence-corrected chi connectivity index (χ1v) is 12.4. The van der Waals surface area contributed by atoms with Crippen LogP contribution < -0.4 is 4.74 Å². The minimum absolute atomic E-state index is 0.0470. The summed E-state index contributed by atoms with van der Waals surface area (Å²) >= 11 is 1.59. The van der Waals surface area contributed by atoms with E-state index >= 15 is 0 Å². The van der Waals surface area contributed by atoms with Gasteiger partial charge in [0.1, 0.15) is 17.0 Å². The van der Waals surface area contributed by atoms with Gasteiger partial charge in [-0.25, -0.2) is 4.98 Å². The molecular weight excluding hydrogens is 480 g/mol. The van der Waals surface area contributed by atoms with Crippen LogP contribution in [0.5, 0.6) is 5.75 Å². The van der Waals surface area contributed by atoms with Crippen molar-refractivity contribution in [3.8, 4) is 28.3 Å². The third-order valence-electron chi connectivity index (χ3n) is 6.45. The van der Waals surface area contributed by atoms with E-state index in [4.69, 9.17) is 14.2 Å². The number of para-hydroxylation sites is 1. The fraction of sp³-hybridized carbons (Fsp3) is 0.269. The van der Waals surface area contributed by atoms with Crippen molar-refractivity contribution in [3.05, 3.63) is 80.4 Å². The summed E-state index contributed by atoms with van der Waals surface area (Å²) in [6.45, 7) is 2.87. The molecule has 10 heteroatoms. The lowest BCUT2D eigenvalue weighted by Gasteiger charge is -2.31. The summed E-state index contributed by atoms with van der Waals surface area (Å²) in [6.07, 6.45) is 1.45. The fourth-order valence-electron chi connectivity index (χ4n) is 4.60. The zero-order valence-corrected chi connectivity index (χ0v) is 20.7. The van der Waals surface area contributed by atoms with Gasteiger partial charge in [-0.1, -0.05) is 41.6 Å². The Morgan fingerprint density at radius 1 is 1.17 bits per heavy atom. The smallest absolute Gasteiger partial charge is 0.323 e. The highest BCUT2D eigenvalue weighted by Crippen LogP contribution is 2.38. The van der Waals surface area contributed by atoms with Crippen molar-refractivity contribution in [3.63, 3.8) is 0 Å². The van der Waals surface area contributed by atoms with Crippen LogP contribution in [0.4, 0.5) is 5.69 Å². The Hall–Kier alpha value is -4.05. The summed E-state index contributed by atoms with van der Waals surface area (Å²) in [5.74, 6) is 0.640. The van der Waals surface area contributed by atoms with E-state index in [1.165, 1.54) is 19.2 Å². The van der Waals surface area contributed by atoms with E-state index in [2.05, 4.69) is 5.16 Å². The number of aromatic nitrogens is 2. The number of nitrogens with zero attached hydrogens (tertiary/aromatic N) is 4. The maximum atomic E-state index is 13.1. The molecule has 0 unspecified atom stereocenters. The third kappa shape index (κ3) is 4.35. The number of rotatable bonds is 6. The molecule has 36 heavy (non-hydrogen) atoms. The Balaban J connectivity index is 1.32. The third-order valence-corrected chi connectivity index (χ3v) is 7.46. The van der Waals surface area contributed by atoms with E-state index in [-0.39, 0.29) is 28.8 Å². The number of carbonyl (C=O) groups is 1. The zero-order valence-electron chi connectivity index (χ0n) is 19.8. The van der Waals surface area contributed by atoms with Gasteiger partial charge >= 0.3 is 5.69 Å². The summed E-state index contributed by atoms with van der Waals surface area (Å²) in [5.41, 5.74) is 3.21. The predicted octanol–water partition coefficient (Wildman–Crippen LogP) is 5.71. The van der Waals surface area contributed by atoms with Crippen molar-refractivity contribution in [2.24, 2.45) is 0 Å². The van der Waals surface area contributed by atoms with Crippen LogP contribution in [0.15, 0.2) is 58.4 Å². The van der Waals surface area contributed by atoms with Crippen molar-refractivity contribution in [2.75, 3.05) is 20.2 Å². The van der Waals surface area contributed by atoms with E-state index in [1.54, 1.807) is 22.3 Å². The highest BCUT2D eigenvalue weighted by atomic mass is 32.1. The normalized spacial score (nSPS) is 14.1. The first kappa shape index (κ1) is 23.7. The number of amides is 1. The Labute approximate surface area is 211 Å². The molecule has 1 aliphatic heterocycles. The van der Waals surface area contributed by atoms with Gasteiger partial charge in [-0.15, -0.1) is 11.3 Å². The van der Waals surface area contributed by atoms with E-state index in [1.807, 2.05) is 42.6 Å². The monoisotopic (exact) mass is 504 g/mol. The van der Waals surface area contributed by atoms with Crippen molar-refractivity contribution >= 4 is 22.9 Å². The summed E-state index contributed by atoms with van der Waals surface area (Å²) < 4.78 is 10.6. The topological polar surface area (TPSA) is 112 Å². The van der Waals surface area contributed by atoms with Gasteiger partial charge in [0.15, 0.2) is 5.75 Å². The Kier molecular flexibility index (Phi) is 6.51. The number of nitro benzene ring substituents is 1. The molecule has 1 aliphatic rings. The number of thiazole rings is 1. The molecule has 3 heterocycles. The van der Waals surface area contributed by atoms with Gasteiger partial charge in [-0.2, -0.15) is 0 Å². The Bertz CT molecular complexity index is 1410. The van der Waals surface area contributed by atoms with Crippen LogP contribution in [0.1, 0.15) is 39.9 Å². The number of likely N-dealkylation sites (tertiary alicyclic amines) is 1. The van der Waals surface area contributed by atoms with Gasteiger partial charge in [0, 0.05) is 30.0 Å². The van der Waals surface area contributed by atoms with Gasteiger partial charge in [0.25, 0.3) is 5.91 Å². The first-order chi connectivity index (χ1) is 17.5. The average Bonchev–Trinajstić information content (AvgIpc) is 3.55. The molecule has 2 aromatic heterocycles. The molecule has 9 nitrogen and oxygen atoms in total. The molecule has 1 amide bonds. The number of ether oxygens (including phenoxy) is 1. The molecule has 4 aromatic rings. The molecule has 1 fully saturated rings. The predicted molar refractivity (Wildman–Crippen MR) is 135 cm³/mol. The van der Waals surface area contributed by atoms with Crippen LogP contribution in [0.25, 0.3) is 22.5 Å². The highest BCUT2D eigenvalue weighted by molar-refractivity contribution is 7.10. The van der Waals surface area contributed by atoms with E-state index < -0.39 is 4.92 Å². The number of methoxy groups -OCH3 is 1. The van der Waals surface area contributed by atoms with Crippen LogP contribution in [0, 0.1) is 17.0 Å². The van der Waals surface area contributed by atoms with Crippen LogP contribution in [-0.2, 0) is 0 Å². The van der Waals surface area contributed by atoms with Crippen LogP contribution in [0.3, 0.4) is 0 Å². The largest absolute Gasteiger partial charge is 0.490 e. The number of piperidine rings is 1. The quantitative estimate of drug-likeness (QED) is 0.244. The molecule has 0 saturated carbocycles. The van der Waals surface area contributed by atoms with Crippen LogP contribution in [0.2, 0.25) is 0 Å². The molecule has 0 atom stereocenters. The Morgan fingerprint density at radius 2 is 1.92 bits per heavy atom. The molecule has 2 aromatic carbocycles. The van der Waals surface area contributed by atoms with Gasteiger partial charge in [-0.05, 0) is 31.9 Å². The maximum absolute atomic E-state index is 13.1. The van der Waals surface area contributed by atoms with Crippen molar-refractivity contribution in [1.82, 2.24) is 15.0 Å². The average molecular weight is 505 g/mol. The number of hydrogen-bond acceptors (Lipinski definition) is 8. The van der Waals surface area contributed by atoms with Gasteiger partial charge in [0.2, 0.25) is 0 Å². The van der Waals surface area contributed by atoms with Crippen molar-refractivity contribution < 1.29 is 19.0 Å². The molecule has 1 saturated heterocycles. The standard InChI is InChI=1S/C26H24N4O5S/c1-16-22(23(28-35-16)17-7-4-3-5-8-17)20-15-36-25(27-20)18-11-13-29(14-12-18)26(31)19-9-6-10-21(34-2)24(19)30(32)33/h3-10,15,18H,11-14H2,1-2H3. The van der Waals surface area contributed by atoms with E-state index in [0.717, 1.165) is 40.4 Å². The maximum Gasteiger partial charge on any atom is 0.323 e. The minimum Gasteiger partial charge on any atom is -0.490 e. The second-order valence-electron chi connectivity index (χ2n) is 8.58. The van der Waals surface area contributed by atoms with Gasteiger partial charge in [0.05, 0.1) is 28.3 Å². The molecule has 5 rings (SSSR count). The lowest BCUT2D eigenvalue weighted by molar-refractivity contribution is -0.386.